The van der Waals surface area contributed by atoms with Crippen molar-refractivity contribution in [3.8, 4) is 0 Å². The van der Waals surface area contributed by atoms with Crippen LogP contribution in [0.1, 0.15) is 168 Å². The molecule has 66 heavy (non-hydrogen) atoms. The van der Waals surface area contributed by atoms with Crippen LogP contribution in [-0.4, -0.2) is 89.6 Å². The van der Waals surface area contributed by atoms with Crippen LogP contribution in [0.25, 0.3) is 0 Å². The maximum absolute atomic E-state index is 12.8. The summed E-state index contributed by atoms with van der Waals surface area (Å²) in [5.74, 6) is -0.353. The SMILES string of the molecule is CC/C=C\C/C=C\C/C=C\C/C=C\C/C=C\C/C=C\C/C=C\CCCCCC(=O)OC(COCCCCCCCCCC/C=C\C/C=C\C/C=C\CC)COC1OC(CO)C(O)C(O)C1O. The van der Waals surface area contributed by atoms with Crippen LogP contribution in [0.5, 0.6) is 0 Å². The van der Waals surface area contributed by atoms with Crippen molar-refractivity contribution in [1.29, 1.82) is 0 Å². The van der Waals surface area contributed by atoms with Gasteiger partial charge in [0.25, 0.3) is 0 Å². The molecule has 0 amide bonds. The highest BCUT2D eigenvalue weighted by molar-refractivity contribution is 5.69. The van der Waals surface area contributed by atoms with E-state index in [2.05, 4.69) is 135 Å². The molecule has 1 fully saturated rings. The molecule has 6 atom stereocenters. The van der Waals surface area contributed by atoms with Crippen molar-refractivity contribution in [1.82, 2.24) is 0 Å². The molecule has 9 heteroatoms. The minimum Gasteiger partial charge on any atom is -0.457 e. The highest BCUT2D eigenvalue weighted by Crippen LogP contribution is 2.22. The molecule has 0 aliphatic carbocycles. The molecule has 0 saturated carbocycles. The Bertz CT molecular complexity index is 1420. The standard InChI is InChI=1S/C57H92O9/c1-3-5-7-9-11-13-15-17-19-21-23-24-25-26-27-28-29-30-32-34-36-38-40-42-44-46-53(59)65-51(50-64-57-56(62)55(61)54(60)52(48-58)66-57)49-63-47-45-43-41-39-37-35-33-31-22-20-18-16-14-12-10-8-6-4-2/h5-8,11-14,17-20,23-24,26-27,29-30,34,36,51-52,54-58,60-62H,3-4,9-10,15-16,21-22,25,28,31-33,35,37-50H2,1-2H3/b7-5-,8-6-,13-11-,14-12-,19-17-,20-18-,24-23-,27-26-,30-29-,36-34-. The zero-order chi connectivity index (χ0) is 47.8. The van der Waals surface area contributed by atoms with E-state index >= 15 is 0 Å². The quantitative estimate of drug-likeness (QED) is 0.0268. The zero-order valence-electron chi connectivity index (χ0n) is 41.1. The molecule has 1 aliphatic rings. The normalized spacial score (nSPS) is 20.4. The van der Waals surface area contributed by atoms with Crippen molar-refractivity contribution in [3.63, 3.8) is 0 Å². The second kappa shape index (κ2) is 46.7. The van der Waals surface area contributed by atoms with Gasteiger partial charge in [-0.3, -0.25) is 4.79 Å². The third-order valence-corrected chi connectivity index (χ3v) is 10.9. The Morgan fingerprint density at radius 3 is 1.32 bits per heavy atom. The van der Waals surface area contributed by atoms with Gasteiger partial charge in [0.05, 0.1) is 19.8 Å². The molecule has 1 saturated heterocycles. The Balaban J connectivity index is 2.27. The molecule has 0 aromatic carbocycles. The first kappa shape index (κ1) is 60.6. The van der Waals surface area contributed by atoms with Crippen molar-refractivity contribution in [2.24, 2.45) is 0 Å². The average molecular weight is 921 g/mol. The van der Waals surface area contributed by atoms with Crippen LogP contribution in [0.4, 0.5) is 0 Å². The van der Waals surface area contributed by atoms with E-state index in [1.165, 1.54) is 32.1 Å². The first-order valence-corrected chi connectivity index (χ1v) is 25.6. The number of carbonyl (C=O) groups excluding carboxylic acids is 1. The summed E-state index contributed by atoms with van der Waals surface area (Å²) in [6.07, 6.45) is 60.8. The molecule has 0 bridgehead atoms. The van der Waals surface area contributed by atoms with Crippen molar-refractivity contribution < 1.29 is 44.2 Å². The number of aliphatic hydroxyl groups is 4. The second-order valence-electron chi connectivity index (χ2n) is 16.8. The summed E-state index contributed by atoms with van der Waals surface area (Å²) in [4.78, 5) is 12.8. The van der Waals surface area contributed by atoms with E-state index in [0.717, 1.165) is 109 Å². The van der Waals surface area contributed by atoms with Crippen molar-refractivity contribution in [2.75, 3.05) is 26.4 Å². The fourth-order valence-electron chi connectivity index (χ4n) is 6.96. The number of hydrogen-bond donors (Lipinski definition) is 4. The lowest BCUT2D eigenvalue weighted by atomic mass is 9.99. The molecule has 0 aromatic heterocycles. The van der Waals surface area contributed by atoms with Gasteiger partial charge in [-0.1, -0.05) is 180 Å². The lowest BCUT2D eigenvalue weighted by Crippen LogP contribution is -2.59. The largest absolute Gasteiger partial charge is 0.457 e. The molecule has 9 nitrogen and oxygen atoms in total. The summed E-state index contributed by atoms with van der Waals surface area (Å²) in [5, 5.41) is 40.3. The van der Waals surface area contributed by atoms with Gasteiger partial charge in [0.2, 0.25) is 0 Å². The summed E-state index contributed by atoms with van der Waals surface area (Å²) >= 11 is 0. The number of allylic oxidation sites excluding steroid dienone is 20. The van der Waals surface area contributed by atoms with E-state index in [9.17, 15) is 25.2 Å². The zero-order valence-corrected chi connectivity index (χ0v) is 41.1. The predicted molar refractivity (Wildman–Crippen MR) is 274 cm³/mol. The molecule has 1 aliphatic heterocycles. The highest BCUT2D eigenvalue weighted by Gasteiger charge is 2.44. The van der Waals surface area contributed by atoms with E-state index in [1.807, 2.05) is 0 Å². The molecule has 1 heterocycles. The lowest BCUT2D eigenvalue weighted by molar-refractivity contribution is -0.305. The van der Waals surface area contributed by atoms with E-state index in [-0.39, 0.29) is 25.6 Å². The molecule has 0 aromatic rings. The fraction of sp³-hybridized carbons (Fsp3) is 0.632. The summed E-state index contributed by atoms with van der Waals surface area (Å²) in [6, 6.07) is 0. The molecule has 0 radical (unpaired) electrons. The summed E-state index contributed by atoms with van der Waals surface area (Å²) in [5.41, 5.74) is 0. The topological polar surface area (TPSA) is 135 Å². The number of ether oxygens (including phenoxy) is 4. The summed E-state index contributed by atoms with van der Waals surface area (Å²) in [7, 11) is 0. The number of unbranched alkanes of at least 4 members (excludes halogenated alkanes) is 11. The number of rotatable bonds is 42. The third-order valence-electron chi connectivity index (χ3n) is 10.9. The van der Waals surface area contributed by atoms with E-state index in [1.54, 1.807) is 0 Å². The van der Waals surface area contributed by atoms with Gasteiger partial charge in [-0.2, -0.15) is 0 Å². The molecule has 0 spiro atoms. The monoisotopic (exact) mass is 921 g/mol. The highest BCUT2D eigenvalue weighted by atomic mass is 16.7. The molecular weight excluding hydrogens is 829 g/mol. The van der Waals surface area contributed by atoms with Crippen molar-refractivity contribution >= 4 is 5.97 Å². The Kier molecular flexibility index (Phi) is 42.9. The smallest absolute Gasteiger partial charge is 0.306 e. The molecular formula is C57H92O9. The predicted octanol–water partition coefficient (Wildman–Crippen LogP) is 12.7. The van der Waals surface area contributed by atoms with Crippen LogP contribution in [0.2, 0.25) is 0 Å². The number of aliphatic hydroxyl groups excluding tert-OH is 4. The summed E-state index contributed by atoms with van der Waals surface area (Å²) < 4.78 is 22.8. The van der Waals surface area contributed by atoms with Gasteiger partial charge in [-0.15, -0.1) is 0 Å². The van der Waals surface area contributed by atoms with Gasteiger partial charge in [-0.05, 0) is 103 Å². The second-order valence-corrected chi connectivity index (χ2v) is 16.8. The Labute approximate surface area is 401 Å². The van der Waals surface area contributed by atoms with Gasteiger partial charge < -0.3 is 39.4 Å². The third kappa shape index (κ3) is 36.7. The molecule has 374 valence electrons. The van der Waals surface area contributed by atoms with Gasteiger partial charge in [0, 0.05) is 13.0 Å². The van der Waals surface area contributed by atoms with Crippen molar-refractivity contribution in [3.05, 3.63) is 122 Å². The summed E-state index contributed by atoms with van der Waals surface area (Å²) in [6.45, 7) is 4.25. The van der Waals surface area contributed by atoms with Crippen LogP contribution >= 0.6 is 0 Å². The minimum absolute atomic E-state index is 0.117. The number of carbonyl (C=O) groups is 1. The van der Waals surface area contributed by atoms with Crippen LogP contribution in [-0.2, 0) is 23.7 Å². The van der Waals surface area contributed by atoms with Crippen LogP contribution < -0.4 is 0 Å². The fourth-order valence-corrected chi connectivity index (χ4v) is 6.96. The lowest BCUT2D eigenvalue weighted by Gasteiger charge is -2.39. The van der Waals surface area contributed by atoms with Crippen LogP contribution in [0.3, 0.4) is 0 Å². The van der Waals surface area contributed by atoms with Crippen LogP contribution in [0, 0.1) is 0 Å². The molecule has 4 N–H and O–H groups in total. The average Bonchev–Trinajstić information content (AvgIpc) is 3.32. The van der Waals surface area contributed by atoms with Gasteiger partial charge in [-0.25, -0.2) is 0 Å². The Morgan fingerprint density at radius 1 is 0.485 bits per heavy atom. The molecule has 6 unspecified atom stereocenters. The number of esters is 1. The maximum Gasteiger partial charge on any atom is 0.306 e. The van der Waals surface area contributed by atoms with Gasteiger partial charge in [0.1, 0.15) is 30.5 Å². The minimum atomic E-state index is -1.55. The van der Waals surface area contributed by atoms with E-state index in [0.29, 0.717) is 13.0 Å². The van der Waals surface area contributed by atoms with Crippen LogP contribution in [0.15, 0.2) is 122 Å². The van der Waals surface area contributed by atoms with Gasteiger partial charge >= 0.3 is 5.97 Å². The van der Waals surface area contributed by atoms with Gasteiger partial charge in [0.15, 0.2) is 6.29 Å². The Hall–Kier alpha value is -3.41. The van der Waals surface area contributed by atoms with E-state index < -0.39 is 43.4 Å². The van der Waals surface area contributed by atoms with E-state index in [4.69, 9.17) is 18.9 Å². The Morgan fingerprint density at radius 2 is 0.879 bits per heavy atom. The number of hydrogen-bond acceptors (Lipinski definition) is 9. The van der Waals surface area contributed by atoms with Crippen molar-refractivity contribution in [2.45, 2.75) is 205 Å². The maximum atomic E-state index is 12.8. The molecule has 1 rings (SSSR count). The first-order chi connectivity index (χ1) is 32.4. The first-order valence-electron chi connectivity index (χ1n) is 25.6.